The van der Waals surface area contributed by atoms with E-state index in [9.17, 15) is 4.79 Å². The van der Waals surface area contributed by atoms with Crippen LogP contribution in [0.4, 0.5) is 0 Å². The van der Waals surface area contributed by atoms with Gasteiger partial charge in [-0.1, -0.05) is 73.3 Å². The summed E-state index contributed by atoms with van der Waals surface area (Å²) in [7, 11) is 0. The minimum atomic E-state index is 0.0952. The van der Waals surface area contributed by atoms with Crippen molar-refractivity contribution in [2.45, 2.75) is 51.0 Å². The molecule has 136 valence electrons. The molecule has 26 heavy (non-hydrogen) atoms. The van der Waals surface area contributed by atoms with Gasteiger partial charge in [0.1, 0.15) is 0 Å². The summed E-state index contributed by atoms with van der Waals surface area (Å²) >= 11 is 6.54. The number of carbonyl (C=O) groups excluding carboxylic acids is 1. The van der Waals surface area contributed by atoms with Gasteiger partial charge in [0, 0.05) is 29.1 Å². The molecule has 1 atom stereocenters. The van der Waals surface area contributed by atoms with Crippen molar-refractivity contribution < 1.29 is 4.79 Å². The van der Waals surface area contributed by atoms with Gasteiger partial charge in [0.05, 0.1) is 0 Å². The highest BCUT2D eigenvalue weighted by molar-refractivity contribution is 6.33. The van der Waals surface area contributed by atoms with Gasteiger partial charge in [0.25, 0.3) is 0 Å². The maximum atomic E-state index is 13.0. The molecule has 1 amide bonds. The van der Waals surface area contributed by atoms with Crippen LogP contribution >= 0.6 is 11.6 Å². The molecule has 2 nitrogen and oxygen atoms in total. The van der Waals surface area contributed by atoms with Gasteiger partial charge in [-0.2, -0.15) is 0 Å². The summed E-state index contributed by atoms with van der Waals surface area (Å²) < 4.78 is 0. The van der Waals surface area contributed by atoms with Crippen molar-refractivity contribution in [1.29, 1.82) is 0 Å². The fourth-order valence-corrected chi connectivity index (χ4v) is 4.94. The van der Waals surface area contributed by atoms with Crippen molar-refractivity contribution in [2.24, 2.45) is 5.92 Å². The lowest BCUT2D eigenvalue weighted by molar-refractivity contribution is -0.133. The maximum Gasteiger partial charge on any atom is 0.226 e. The highest BCUT2D eigenvalue weighted by Crippen LogP contribution is 2.35. The van der Waals surface area contributed by atoms with E-state index in [2.05, 4.69) is 23.1 Å². The summed E-state index contributed by atoms with van der Waals surface area (Å²) in [5.74, 6) is 0.453. The second-order valence-electron chi connectivity index (χ2n) is 7.65. The average molecular weight is 368 g/mol. The van der Waals surface area contributed by atoms with E-state index in [1.165, 1.54) is 37.7 Å². The van der Waals surface area contributed by atoms with Crippen molar-refractivity contribution in [3.63, 3.8) is 0 Å². The number of hydrogen-bond donors (Lipinski definition) is 0. The highest BCUT2D eigenvalue weighted by Gasteiger charge is 2.36. The predicted octanol–water partition coefficient (Wildman–Crippen LogP) is 5.73. The van der Waals surface area contributed by atoms with Gasteiger partial charge in [-0.25, -0.2) is 0 Å². The van der Waals surface area contributed by atoms with E-state index in [1.54, 1.807) is 0 Å². The van der Waals surface area contributed by atoms with Gasteiger partial charge in [-0.3, -0.25) is 4.79 Å². The van der Waals surface area contributed by atoms with Crippen molar-refractivity contribution in [2.75, 3.05) is 6.54 Å². The Hall–Kier alpha value is -1.80. The van der Waals surface area contributed by atoms with E-state index >= 15 is 0 Å². The maximum absolute atomic E-state index is 13.0. The number of carbonyl (C=O) groups is 1. The molecule has 4 rings (SSSR count). The van der Waals surface area contributed by atoms with Crippen LogP contribution in [0.5, 0.6) is 0 Å². The van der Waals surface area contributed by atoms with Crippen molar-refractivity contribution in [3.05, 3.63) is 59.1 Å². The van der Waals surface area contributed by atoms with Crippen molar-refractivity contribution in [1.82, 2.24) is 4.90 Å². The van der Waals surface area contributed by atoms with Crippen molar-refractivity contribution >= 4 is 17.5 Å². The Morgan fingerprint density at radius 1 is 0.923 bits per heavy atom. The predicted molar refractivity (Wildman–Crippen MR) is 107 cm³/mol. The Kier molecular flexibility index (Phi) is 5.31. The molecule has 1 aliphatic heterocycles. The van der Waals surface area contributed by atoms with Gasteiger partial charge >= 0.3 is 0 Å². The zero-order valence-corrected chi connectivity index (χ0v) is 15.9. The lowest BCUT2D eigenvalue weighted by Crippen LogP contribution is -2.39. The Labute approximate surface area is 161 Å². The average Bonchev–Trinajstić information content (AvgIpc) is 3.04. The van der Waals surface area contributed by atoms with Crippen LogP contribution in [0.25, 0.3) is 11.1 Å². The quantitative estimate of drug-likeness (QED) is 0.675. The molecular weight excluding hydrogens is 342 g/mol. The Bertz CT molecular complexity index is 767. The SMILES string of the molecule is O=C1C(Cc2cccc(Cl)c2-c2ccccc2)CCN1C1CCCCC1. The van der Waals surface area contributed by atoms with Crippen LogP contribution in [0.2, 0.25) is 5.02 Å². The Balaban J connectivity index is 1.55. The van der Waals surface area contributed by atoms with E-state index in [0.717, 1.165) is 35.5 Å². The summed E-state index contributed by atoms with van der Waals surface area (Å²) in [5, 5.41) is 0.767. The summed E-state index contributed by atoms with van der Waals surface area (Å²) in [4.78, 5) is 15.2. The van der Waals surface area contributed by atoms with Gasteiger partial charge in [0.15, 0.2) is 0 Å². The first-order chi connectivity index (χ1) is 12.7. The zero-order chi connectivity index (χ0) is 17.9. The van der Waals surface area contributed by atoms with Crippen LogP contribution in [0.3, 0.4) is 0 Å². The molecular formula is C23H26ClNO. The number of likely N-dealkylation sites (tertiary alicyclic amines) is 1. The first-order valence-corrected chi connectivity index (χ1v) is 10.2. The molecule has 1 aliphatic carbocycles. The molecule has 0 spiro atoms. The van der Waals surface area contributed by atoms with Crippen LogP contribution in [0.15, 0.2) is 48.5 Å². The first kappa shape index (κ1) is 17.6. The van der Waals surface area contributed by atoms with Crippen LogP contribution in [-0.4, -0.2) is 23.4 Å². The third-order valence-electron chi connectivity index (χ3n) is 5.99. The highest BCUT2D eigenvalue weighted by atomic mass is 35.5. The van der Waals surface area contributed by atoms with E-state index in [4.69, 9.17) is 11.6 Å². The van der Waals surface area contributed by atoms with E-state index in [0.29, 0.717) is 11.9 Å². The standard InChI is InChI=1S/C23H26ClNO/c24-21-13-7-10-18(22(21)17-8-3-1-4-9-17)16-19-14-15-25(23(19)26)20-11-5-2-6-12-20/h1,3-4,7-10,13,19-20H,2,5-6,11-12,14-16H2. The largest absolute Gasteiger partial charge is 0.339 e. The molecule has 0 bridgehead atoms. The summed E-state index contributed by atoms with van der Waals surface area (Å²) in [6.45, 7) is 0.926. The lowest BCUT2D eigenvalue weighted by atomic mass is 9.91. The lowest BCUT2D eigenvalue weighted by Gasteiger charge is -2.31. The monoisotopic (exact) mass is 367 g/mol. The number of benzene rings is 2. The van der Waals surface area contributed by atoms with Crippen LogP contribution in [0, 0.1) is 5.92 Å². The summed E-state index contributed by atoms with van der Waals surface area (Å²) in [6.07, 6.45) is 7.99. The van der Waals surface area contributed by atoms with E-state index < -0.39 is 0 Å². The van der Waals surface area contributed by atoms with Gasteiger partial charge in [-0.05, 0) is 42.9 Å². The summed E-state index contributed by atoms with van der Waals surface area (Å²) in [6, 6.07) is 16.8. The topological polar surface area (TPSA) is 20.3 Å². The number of amides is 1. The number of halogens is 1. The first-order valence-electron chi connectivity index (χ1n) is 9.87. The molecule has 1 unspecified atom stereocenters. The molecule has 0 aromatic heterocycles. The molecule has 2 aliphatic rings. The number of nitrogens with zero attached hydrogens (tertiary/aromatic N) is 1. The van der Waals surface area contributed by atoms with Crippen LogP contribution in [-0.2, 0) is 11.2 Å². The zero-order valence-electron chi connectivity index (χ0n) is 15.2. The molecule has 1 saturated carbocycles. The molecule has 1 saturated heterocycles. The molecule has 2 aromatic rings. The second kappa shape index (κ2) is 7.84. The smallest absolute Gasteiger partial charge is 0.226 e. The third-order valence-corrected chi connectivity index (χ3v) is 6.31. The van der Waals surface area contributed by atoms with Gasteiger partial charge < -0.3 is 4.90 Å². The van der Waals surface area contributed by atoms with Crippen LogP contribution < -0.4 is 0 Å². The molecule has 2 aromatic carbocycles. The van der Waals surface area contributed by atoms with E-state index in [-0.39, 0.29) is 5.92 Å². The Morgan fingerprint density at radius 2 is 1.69 bits per heavy atom. The number of rotatable bonds is 4. The van der Waals surface area contributed by atoms with Gasteiger partial charge in [-0.15, -0.1) is 0 Å². The normalized spacial score (nSPS) is 21.3. The fourth-order valence-electron chi connectivity index (χ4n) is 4.64. The Morgan fingerprint density at radius 3 is 2.46 bits per heavy atom. The fraction of sp³-hybridized carbons (Fsp3) is 0.435. The second-order valence-corrected chi connectivity index (χ2v) is 8.06. The van der Waals surface area contributed by atoms with E-state index in [1.807, 2.05) is 30.3 Å². The van der Waals surface area contributed by atoms with Crippen molar-refractivity contribution in [3.8, 4) is 11.1 Å². The molecule has 1 heterocycles. The minimum absolute atomic E-state index is 0.0952. The van der Waals surface area contributed by atoms with Gasteiger partial charge in [0.2, 0.25) is 5.91 Å². The van der Waals surface area contributed by atoms with Crippen LogP contribution in [0.1, 0.15) is 44.1 Å². The molecule has 0 N–H and O–H groups in total. The minimum Gasteiger partial charge on any atom is -0.339 e. The molecule has 3 heteroatoms. The molecule has 0 radical (unpaired) electrons. The molecule has 2 fully saturated rings. The summed E-state index contributed by atoms with van der Waals surface area (Å²) in [5.41, 5.74) is 3.40. The number of hydrogen-bond acceptors (Lipinski definition) is 1. The third kappa shape index (κ3) is 3.53.